The van der Waals surface area contributed by atoms with Crippen LogP contribution in [-0.4, -0.2) is 24.2 Å². The fourth-order valence-electron chi connectivity index (χ4n) is 1.61. The van der Waals surface area contributed by atoms with E-state index in [0.717, 1.165) is 12.8 Å². The minimum atomic E-state index is -0.198. The van der Waals surface area contributed by atoms with E-state index < -0.39 is 0 Å². The van der Waals surface area contributed by atoms with Crippen LogP contribution in [0, 0.1) is 5.41 Å². The highest BCUT2D eigenvalue weighted by atomic mass is 79.9. The van der Waals surface area contributed by atoms with E-state index in [9.17, 15) is 4.79 Å². The zero-order valence-corrected chi connectivity index (χ0v) is 11.5. The first kappa shape index (κ1) is 12.9. The Morgan fingerprint density at radius 3 is 2.82 bits per heavy atom. The fraction of sp³-hybridized carbons (Fsp3) is 0.417. The fourth-order valence-corrected chi connectivity index (χ4v) is 2.19. The highest BCUT2D eigenvalue weighted by molar-refractivity contribution is 9.10. The first-order valence-electron chi connectivity index (χ1n) is 5.41. The number of hydrogen-bond acceptors (Lipinski definition) is 2. The number of rotatable bonds is 4. The van der Waals surface area contributed by atoms with Gasteiger partial charge in [-0.2, -0.15) is 0 Å². The Labute approximate surface area is 113 Å². The van der Waals surface area contributed by atoms with Gasteiger partial charge >= 0.3 is 0 Å². The molecule has 0 radical (unpaired) electrons. The molecule has 0 unspecified atom stereocenters. The van der Waals surface area contributed by atoms with Gasteiger partial charge in [0.25, 0.3) is 5.91 Å². The lowest BCUT2D eigenvalue weighted by Gasteiger charge is -2.13. The van der Waals surface area contributed by atoms with E-state index in [4.69, 9.17) is 16.7 Å². The third kappa shape index (κ3) is 2.81. The summed E-state index contributed by atoms with van der Waals surface area (Å²) >= 11 is 9.31. The zero-order valence-electron chi connectivity index (χ0n) is 9.17. The molecule has 2 N–H and O–H groups in total. The average molecular weight is 319 g/mol. The maximum absolute atomic E-state index is 11.9. The Morgan fingerprint density at radius 1 is 1.53 bits per heavy atom. The van der Waals surface area contributed by atoms with Crippen LogP contribution in [-0.2, 0) is 0 Å². The van der Waals surface area contributed by atoms with Gasteiger partial charge in [0, 0.05) is 16.4 Å². The summed E-state index contributed by atoms with van der Waals surface area (Å²) in [5.74, 6) is -0.198. The number of amides is 1. The van der Waals surface area contributed by atoms with Gasteiger partial charge in [-0.15, -0.1) is 0 Å². The molecule has 0 bridgehead atoms. The van der Waals surface area contributed by atoms with Gasteiger partial charge in [0.15, 0.2) is 0 Å². The molecule has 5 heteroatoms. The number of hydrogen-bond donors (Lipinski definition) is 2. The smallest absolute Gasteiger partial charge is 0.252 e. The number of aliphatic hydroxyl groups excluding tert-OH is 1. The molecule has 2 rings (SSSR count). The first-order valence-corrected chi connectivity index (χ1v) is 6.58. The minimum Gasteiger partial charge on any atom is -0.396 e. The number of carbonyl (C=O) groups excluding carboxylic acids is 1. The molecule has 0 spiro atoms. The molecule has 0 aromatic heterocycles. The van der Waals surface area contributed by atoms with Crippen LogP contribution in [0.3, 0.4) is 0 Å². The Morgan fingerprint density at radius 2 is 2.24 bits per heavy atom. The van der Waals surface area contributed by atoms with Crippen LogP contribution >= 0.6 is 27.5 Å². The van der Waals surface area contributed by atoms with Gasteiger partial charge in [-0.25, -0.2) is 0 Å². The van der Waals surface area contributed by atoms with Crippen molar-refractivity contribution < 1.29 is 9.90 Å². The molecular formula is C12H13BrClNO2. The predicted octanol–water partition coefficient (Wildman–Crippen LogP) is 2.60. The molecule has 0 heterocycles. The van der Waals surface area contributed by atoms with Crippen LogP contribution in [0.2, 0.25) is 5.02 Å². The van der Waals surface area contributed by atoms with Crippen molar-refractivity contribution in [2.75, 3.05) is 13.2 Å². The number of carbonyl (C=O) groups is 1. The molecule has 1 aromatic rings. The minimum absolute atomic E-state index is 0.0891. The van der Waals surface area contributed by atoms with E-state index in [0.29, 0.717) is 21.6 Å². The highest BCUT2D eigenvalue weighted by Gasteiger charge is 2.42. The largest absolute Gasteiger partial charge is 0.396 e. The maximum Gasteiger partial charge on any atom is 0.252 e. The maximum atomic E-state index is 11.9. The van der Waals surface area contributed by atoms with E-state index in [1.807, 2.05) is 0 Å². The number of benzene rings is 1. The molecule has 1 aliphatic carbocycles. The Hall–Kier alpha value is -0.580. The number of nitrogens with one attached hydrogen (secondary N) is 1. The average Bonchev–Trinajstić information content (AvgIpc) is 3.10. The van der Waals surface area contributed by atoms with Gasteiger partial charge in [0.1, 0.15) is 0 Å². The lowest BCUT2D eigenvalue weighted by atomic mass is 10.1. The molecule has 0 aliphatic heterocycles. The molecule has 1 aliphatic rings. The van der Waals surface area contributed by atoms with E-state index in [-0.39, 0.29) is 17.9 Å². The van der Waals surface area contributed by atoms with Gasteiger partial charge in [0.2, 0.25) is 0 Å². The van der Waals surface area contributed by atoms with Crippen molar-refractivity contribution >= 4 is 33.4 Å². The van der Waals surface area contributed by atoms with E-state index >= 15 is 0 Å². The van der Waals surface area contributed by atoms with Crippen LogP contribution in [0.25, 0.3) is 0 Å². The van der Waals surface area contributed by atoms with Crippen molar-refractivity contribution in [3.05, 3.63) is 33.3 Å². The van der Waals surface area contributed by atoms with Gasteiger partial charge in [-0.1, -0.05) is 17.7 Å². The third-order valence-electron chi connectivity index (χ3n) is 3.11. The van der Waals surface area contributed by atoms with Crippen molar-refractivity contribution in [1.82, 2.24) is 5.32 Å². The molecule has 1 fully saturated rings. The predicted molar refractivity (Wildman–Crippen MR) is 70.2 cm³/mol. The Balaban J connectivity index is 2.02. The lowest BCUT2D eigenvalue weighted by molar-refractivity contribution is 0.0935. The summed E-state index contributed by atoms with van der Waals surface area (Å²) in [6.07, 6.45) is 1.94. The van der Waals surface area contributed by atoms with E-state index in [1.54, 1.807) is 18.2 Å². The van der Waals surface area contributed by atoms with Crippen LogP contribution < -0.4 is 5.32 Å². The summed E-state index contributed by atoms with van der Waals surface area (Å²) < 4.78 is 0.704. The quantitative estimate of drug-likeness (QED) is 0.896. The second kappa shape index (κ2) is 4.96. The summed E-state index contributed by atoms with van der Waals surface area (Å²) in [4.78, 5) is 11.9. The monoisotopic (exact) mass is 317 g/mol. The van der Waals surface area contributed by atoms with E-state index in [1.165, 1.54) is 0 Å². The third-order valence-corrected chi connectivity index (χ3v) is 4.41. The summed E-state index contributed by atoms with van der Waals surface area (Å²) in [5, 5.41) is 12.4. The molecule has 0 atom stereocenters. The molecule has 17 heavy (non-hydrogen) atoms. The molecule has 3 nitrogen and oxygen atoms in total. The highest BCUT2D eigenvalue weighted by Crippen LogP contribution is 2.44. The second-order valence-corrected chi connectivity index (χ2v) is 5.67. The van der Waals surface area contributed by atoms with Crippen LogP contribution in [0.15, 0.2) is 22.7 Å². The van der Waals surface area contributed by atoms with Crippen molar-refractivity contribution in [2.45, 2.75) is 12.8 Å². The standard InChI is InChI=1S/C12H13BrClNO2/c13-9-3-1-2-8(10(9)14)11(17)15-6-12(7-16)4-5-12/h1-3,16H,4-7H2,(H,15,17). The van der Waals surface area contributed by atoms with Crippen molar-refractivity contribution in [3.8, 4) is 0 Å². The van der Waals surface area contributed by atoms with Crippen LogP contribution in [0.4, 0.5) is 0 Å². The normalized spacial score (nSPS) is 16.6. The topological polar surface area (TPSA) is 49.3 Å². The van der Waals surface area contributed by atoms with Gasteiger partial charge < -0.3 is 10.4 Å². The summed E-state index contributed by atoms with van der Waals surface area (Å²) in [7, 11) is 0. The van der Waals surface area contributed by atoms with Crippen molar-refractivity contribution in [3.63, 3.8) is 0 Å². The zero-order chi connectivity index (χ0) is 12.5. The molecule has 1 amide bonds. The molecule has 0 saturated heterocycles. The van der Waals surface area contributed by atoms with E-state index in [2.05, 4.69) is 21.2 Å². The SMILES string of the molecule is O=C(NCC1(CO)CC1)c1cccc(Br)c1Cl. The molecule has 1 aromatic carbocycles. The number of aliphatic hydroxyl groups is 1. The molecule has 1 saturated carbocycles. The summed E-state index contributed by atoms with van der Waals surface area (Å²) in [5.41, 5.74) is 0.364. The van der Waals surface area contributed by atoms with Crippen LogP contribution in [0.5, 0.6) is 0 Å². The lowest BCUT2D eigenvalue weighted by Crippen LogP contribution is -2.32. The molecule has 92 valence electrons. The first-order chi connectivity index (χ1) is 8.08. The summed E-state index contributed by atoms with van der Waals surface area (Å²) in [6.45, 7) is 0.630. The molecular weight excluding hydrogens is 305 g/mol. The Kier molecular flexibility index (Phi) is 3.76. The van der Waals surface area contributed by atoms with Crippen molar-refractivity contribution in [2.24, 2.45) is 5.41 Å². The van der Waals surface area contributed by atoms with Crippen LogP contribution in [0.1, 0.15) is 23.2 Å². The van der Waals surface area contributed by atoms with Gasteiger partial charge in [-0.05, 0) is 40.9 Å². The van der Waals surface area contributed by atoms with Crippen molar-refractivity contribution in [1.29, 1.82) is 0 Å². The van der Waals surface area contributed by atoms with Gasteiger partial charge in [0.05, 0.1) is 17.2 Å². The number of halogens is 2. The summed E-state index contributed by atoms with van der Waals surface area (Å²) in [6, 6.07) is 5.24. The second-order valence-electron chi connectivity index (χ2n) is 4.44. The van der Waals surface area contributed by atoms with Gasteiger partial charge in [-0.3, -0.25) is 4.79 Å². The Bertz CT molecular complexity index is 446.